The number of hydrogen-bond donors (Lipinski definition) is 0. The van der Waals surface area contributed by atoms with E-state index in [4.69, 9.17) is 9.40 Å². The van der Waals surface area contributed by atoms with Gasteiger partial charge < -0.3 is 8.82 Å². The van der Waals surface area contributed by atoms with Crippen LogP contribution in [0.15, 0.2) is 58.6 Å². The summed E-state index contributed by atoms with van der Waals surface area (Å²) in [4.78, 5) is 4.69. The number of rotatable bonds is 5. The molecule has 0 aromatic carbocycles. The first-order valence-electron chi connectivity index (χ1n) is 9.43. The second-order valence-electron chi connectivity index (χ2n) is 6.93. The maximum absolute atomic E-state index is 5.62. The Morgan fingerprint density at radius 2 is 2.00 bits per heavy atom. The van der Waals surface area contributed by atoms with Crippen LogP contribution >= 0.6 is 11.8 Å². The summed E-state index contributed by atoms with van der Waals surface area (Å²) in [5.74, 6) is 2.39. The second-order valence-corrected chi connectivity index (χ2v) is 7.87. The molecular formula is C20H21N5OS. The summed E-state index contributed by atoms with van der Waals surface area (Å²) in [5.41, 5.74) is 2.02. The Hall–Kier alpha value is -2.54. The van der Waals surface area contributed by atoms with Crippen molar-refractivity contribution in [2.45, 2.75) is 49.1 Å². The predicted octanol–water partition coefficient (Wildman–Crippen LogP) is 4.98. The fourth-order valence-electron chi connectivity index (χ4n) is 3.81. The minimum atomic E-state index is 0.442. The Morgan fingerprint density at radius 1 is 1.07 bits per heavy atom. The first-order chi connectivity index (χ1) is 13.4. The van der Waals surface area contributed by atoms with Crippen LogP contribution in [0, 0.1) is 0 Å². The minimum absolute atomic E-state index is 0.442. The van der Waals surface area contributed by atoms with Gasteiger partial charge in [-0.2, -0.15) is 0 Å². The summed E-state index contributed by atoms with van der Waals surface area (Å²) >= 11 is 1.70. The number of nitrogens with zero attached hydrogens (tertiary/aromatic N) is 5. The Bertz CT molecular complexity index is 997. The molecule has 0 unspecified atom stereocenters. The van der Waals surface area contributed by atoms with E-state index in [1.54, 1.807) is 18.0 Å². The van der Waals surface area contributed by atoms with E-state index in [0.29, 0.717) is 6.04 Å². The van der Waals surface area contributed by atoms with Gasteiger partial charge in [-0.3, -0.25) is 4.57 Å². The van der Waals surface area contributed by atoms with Gasteiger partial charge in [0.15, 0.2) is 10.9 Å². The van der Waals surface area contributed by atoms with Crippen molar-refractivity contribution in [3.8, 4) is 11.6 Å². The van der Waals surface area contributed by atoms with E-state index in [1.165, 1.54) is 32.1 Å². The zero-order valence-corrected chi connectivity index (χ0v) is 15.8. The molecule has 4 aromatic heterocycles. The van der Waals surface area contributed by atoms with Crippen LogP contribution in [0.3, 0.4) is 0 Å². The highest BCUT2D eigenvalue weighted by atomic mass is 32.2. The van der Waals surface area contributed by atoms with Gasteiger partial charge in [0, 0.05) is 24.2 Å². The summed E-state index contributed by atoms with van der Waals surface area (Å²) in [6.45, 7) is 0. The number of fused-ring (bicyclic) bond motifs is 1. The van der Waals surface area contributed by atoms with Gasteiger partial charge in [0.2, 0.25) is 5.82 Å². The fourth-order valence-corrected chi connectivity index (χ4v) is 4.70. The molecule has 27 heavy (non-hydrogen) atoms. The topological polar surface area (TPSA) is 61.1 Å². The van der Waals surface area contributed by atoms with Crippen molar-refractivity contribution in [3.63, 3.8) is 0 Å². The van der Waals surface area contributed by atoms with Crippen molar-refractivity contribution in [2.24, 2.45) is 0 Å². The molecule has 4 heterocycles. The Labute approximate surface area is 161 Å². The summed E-state index contributed by atoms with van der Waals surface area (Å²) in [7, 11) is 0. The number of hydrogen-bond acceptors (Lipinski definition) is 5. The molecule has 0 spiro atoms. The molecular weight excluding hydrogens is 358 g/mol. The van der Waals surface area contributed by atoms with Gasteiger partial charge in [-0.25, -0.2) is 4.98 Å². The van der Waals surface area contributed by atoms with Crippen LogP contribution in [-0.2, 0) is 5.75 Å². The summed E-state index contributed by atoms with van der Waals surface area (Å²) in [6, 6.07) is 10.3. The minimum Gasteiger partial charge on any atom is -0.461 e. The summed E-state index contributed by atoms with van der Waals surface area (Å²) < 4.78 is 9.96. The van der Waals surface area contributed by atoms with Gasteiger partial charge in [0.1, 0.15) is 5.65 Å². The van der Waals surface area contributed by atoms with Gasteiger partial charge in [0.25, 0.3) is 0 Å². The van der Waals surface area contributed by atoms with Crippen molar-refractivity contribution in [3.05, 3.63) is 54.7 Å². The average molecular weight is 379 g/mol. The van der Waals surface area contributed by atoms with Gasteiger partial charge in [-0.1, -0.05) is 37.1 Å². The van der Waals surface area contributed by atoms with Gasteiger partial charge in [-0.05, 0) is 37.1 Å². The number of furan rings is 1. The van der Waals surface area contributed by atoms with Crippen LogP contribution in [0.25, 0.3) is 17.2 Å². The SMILES string of the molecule is c1coc(-c2nnc(SCc3cn4ccccc4n3)n2C2CCCCC2)c1. The molecule has 0 bridgehead atoms. The molecule has 0 aliphatic heterocycles. The van der Waals surface area contributed by atoms with Crippen molar-refractivity contribution in [2.75, 3.05) is 0 Å². The molecule has 1 saturated carbocycles. The van der Waals surface area contributed by atoms with Crippen LogP contribution < -0.4 is 0 Å². The molecule has 0 N–H and O–H groups in total. The Morgan fingerprint density at radius 3 is 2.81 bits per heavy atom. The van der Waals surface area contributed by atoms with E-state index in [-0.39, 0.29) is 0 Å². The standard InChI is InChI=1S/C20H21N5OS/c1-2-7-16(8-3-1)25-19(17-9-6-12-26-17)22-23-20(25)27-14-15-13-24-11-5-4-10-18(24)21-15/h4-6,9-13,16H,1-3,7-8,14H2. The van der Waals surface area contributed by atoms with Crippen LogP contribution in [0.4, 0.5) is 0 Å². The van der Waals surface area contributed by atoms with Gasteiger partial charge >= 0.3 is 0 Å². The molecule has 1 aliphatic rings. The number of aromatic nitrogens is 5. The van der Waals surface area contributed by atoms with Crippen LogP contribution in [0.1, 0.15) is 43.8 Å². The maximum atomic E-state index is 5.62. The van der Waals surface area contributed by atoms with Crippen molar-refractivity contribution in [1.29, 1.82) is 0 Å². The molecule has 0 amide bonds. The largest absolute Gasteiger partial charge is 0.461 e. The monoisotopic (exact) mass is 379 g/mol. The van der Waals surface area contributed by atoms with Crippen molar-refractivity contribution >= 4 is 17.4 Å². The molecule has 7 heteroatoms. The maximum Gasteiger partial charge on any atom is 0.200 e. The molecule has 0 radical (unpaired) electrons. The molecule has 1 aliphatic carbocycles. The lowest BCUT2D eigenvalue weighted by Gasteiger charge is -2.25. The molecule has 138 valence electrons. The highest BCUT2D eigenvalue weighted by molar-refractivity contribution is 7.98. The number of imidazole rings is 1. The van der Waals surface area contributed by atoms with E-state index in [0.717, 1.165) is 33.8 Å². The first kappa shape index (κ1) is 16.6. The Balaban J connectivity index is 1.44. The zero-order chi connectivity index (χ0) is 18.1. The fraction of sp³-hybridized carbons (Fsp3) is 0.350. The predicted molar refractivity (Wildman–Crippen MR) is 105 cm³/mol. The summed E-state index contributed by atoms with van der Waals surface area (Å²) in [5, 5.41) is 9.91. The first-order valence-corrected chi connectivity index (χ1v) is 10.4. The van der Waals surface area contributed by atoms with Crippen molar-refractivity contribution < 1.29 is 4.42 Å². The van der Waals surface area contributed by atoms with Gasteiger partial charge in [-0.15, -0.1) is 10.2 Å². The lowest BCUT2D eigenvalue weighted by Crippen LogP contribution is -2.15. The second kappa shape index (κ2) is 7.23. The van der Waals surface area contributed by atoms with Gasteiger partial charge in [0.05, 0.1) is 12.0 Å². The highest BCUT2D eigenvalue weighted by Gasteiger charge is 2.25. The van der Waals surface area contributed by atoms with Crippen LogP contribution in [0.2, 0.25) is 0 Å². The van der Waals surface area contributed by atoms with E-state index in [2.05, 4.69) is 25.4 Å². The Kier molecular flexibility index (Phi) is 4.45. The molecule has 4 aromatic rings. The number of pyridine rings is 1. The van der Waals surface area contributed by atoms with E-state index in [9.17, 15) is 0 Å². The number of thioether (sulfide) groups is 1. The normalized spacial score (nSPS) is 15.6. The average Bonchev–Trinajstić information content (AvgIpc) is 3.45. The van der Waals surface area contributed by atoms with E-state index < -0.39 is 0 Å². The lowest BCUT2D eigenvalue weighted by atomic mass is 9.95. The van der Waals surface area contributed by atoms with Crippen LogP contribution in [-0.4, -0.2) is 24.1 Å². The molecule has 0 atom stereocenters. The van der Waals surface area contributed by atoms with Crippen LogP contribution in [0.5, 0.6) is 0 Å². The third kappa shape index (κ3) is 3.27. The molecule has 6 nitrogen and oxygen atoms in total. The van der Waals surface area contributed by atoms with E-state index >= 15 is 0 Å². The third-order valence-electron chi connectivity index (χ3n) is 5.11. The summed E-state index contributed by atoms with van der Waals surface area (Å²) in [6.07, 6.45) is 12.0. The quantitative estimate of drug-likeness (QED) is 0.458. The zero-order valence-electron chi connectivity index (χ0n) is 15.0. The lowest BCUT2D eigenvalue weighted by molar-refractivity contribution is 0.337. The van der Waals surface area contributed by atoms with E-state index in [1.807, 2.05) is 36.5 Å². The third-order valence-corrected chi connectivity index (χ3v) is 6.09. The smallest absolute Gasteiger partial charge is 0.200 e. The van der Waals surface area contributed by atoms with Crippen molar-refractivity contribution in [1.82, 2.24) is 24.1 Å². The molecule has 1 fully saturated rings. The molecule has 5 rings (SSSR count). The molecule has 0 saturated heterocycles. The highest BCUT2D eigenvalue weighted by Crippen LogP contribution is 2.36.